The second kappa shape index (κ2) is 6.17. The number of nitrogens with zero attached hydrogens (tertiary/aromatic N) is 1. The third-order valence-electron chi connectivity index (χ3n) is 3.09. The number of halogens is 1. The first kappa shape index (κ1) is 14.0. The molecule has 0 atom stereocenters. The van der Waals surface area contributed by atoms with E-state index in [1.165, 1.54) is 10.9 Å². The number of aliphatic hydroxyl groups excluding tert-OH is 1. The highest BCUT2D eigenvalue weighted by atomic mass is 32.1. The van der Waals surface area contributed by atoms with Gasteiger partial charge in [-0.05, 0) is 37.4 Å². The summed E-state index contributed by atoms with van der Waals surface area (Å²) < 4.78 is 13.8. The van der Waals surface area contributed by atoms with Gasteiger partial charge in [0.05, 0.1) is 13.2 Å². The lowest BCUT2D eigenvalue weighted by Crippen LogP contribution is -2.31. The van der Waals surface area contributed by atoms with Crippen LogP contribution >= 0.6 is 11.3 Å². The van der Waals surface area contributed by atoms with E-state index in [1.54, 1.807) is 17.4 Å². The Bertz CT molecular complexity index is 525. The van der Waals surface area contributed by atoms with Gasteiger partial charge in [0.25, 0.3) is 0 Å². The molecule has 2 nitrogen and oxygen atoms in total. The van der Waals surface area contributed by atoms with Crippen molar-refractivity contribution in [3.63, 3.8) is 0 Å². The molecule has 19 heavy (non-hydrogen) atoms. The normalized spacial score (nSPS) is 11.0. The Hall–Kier alpha value is -1.39. The second-order valence-electron chi connectivity index (χ2n) is 4.70. The highest BCUT2D eigenvalue weighted by Crippen LogP contribution is 2.27. The fourth-order valence-corrected chi connectivity index (χ4v) is 2.79. The van der Waals surface area contributed by atoms with Gasteiger partial charge in [0, 0.05) is 22.2 Å². The van der Waals surface area contributed by atoms with Crippen molar-refractivity contribution in [1.29, 1.82) is 0 Å². The standard InChI is InChI=1S/C15H18FNOS/c1-11(2)17(9-12-5-4-8-19-12)15-7-3-6-14(16)13(15)10-18/h3-8,11,18H,9-10H2,1-2H3. The van der Waals surface area contributed by atoms with Gasteiger partial charge < -0.3 is 10.0 Å². The first-order valence-corrected chi connectivity index (χ1v) is 7.18. The Morgan fingerprint density at radius 3 is 2.63 bits per heavy atom. The average molecular weight is 279 g/mol. The molecule has 1 N–H and O–H groups in total. The third kappa shape index (κ3) is 3.14. The lowest BCUT2D eigenvalue weighted by molar-refractivity contribution is 0.275. The molecule has 0 unspecified atom stereocenters. The molecule has 1 aromatic carbocycles. The molecule has 0 fully saturated rings. The largest absolute Gasteiger partial charge is 0.391 e. The van der Waals surface area contributed by atoms with Crippen molar-refractivity contribution in [1.82, 2.24) is 0 Å². The fraction of sp³-hybridized carbons (Fsp3) is 0.333. The van der Waals surface area contributed by atoms with Crippen LogP contribution in [0.2, 0.25) is 0 Å². The van der Waals surface area contributed by atoms with Gasteiger partial charge in [0.1, 0.15) is 5.82 Å². The van der Waals surface area contributed by atoms with Crippen LogP contribution in [0.1, 0.15) is 24.3 Å². The Balaban J connectivity index is 2.36. The molecule has 2 aromatic rings. The topological polar surface area (TPSA) is 23.5 Å². The highest BCUT2D eigenvalue weighted by Gasteiger charge is 2.17. The number of aliphatic hydroxyl groups is 1. The zero-order valence-electron chi connectivity index (χ0n) is 11.1. The summed E-state index contributed by atoms with van der Waals surface area (Å²) in [6.07, 6.45) is 0. The van der Waals surface area contributed by atoms with Crippen molar-refractivity contribution in [3.8, 4) is 0 Å². The van der Waals surface area contributed by atoms with Crippen molar-refractivity contribution >= 4 is 17.0 Å². The average Bonchev–Trinajstić information content (AvgIpc) is 2.88. The molecule has 0 saturated heterocycles. The van der Waals surface area contributed by atoms with Crippen LogP contribution in [-0.2, 0) is 13.2 Å². The zero-order valence-corrected chi connectivity index (χ0v) is 12.0. The molecule has 0 bridgehead atoms. The SMILES string of the molecule is CC(C)N(Cc1cccs1)c1cccc(F)c1CO. The van der Waals surface area contributed by atoms with Crippen LogP contribution in [0.4, 0.5) is 10.1 Å². The van der Waals surface area contributed by atoms with Crippen molar-refractivity contribution in [2.45, 2.75) is 33.0 Å². The molecule has 0 saturated carbocycles. The number of hydrogen-bond donors (Lipinski definition) is 1. The summed E-state index contributed by atoms with van der Waals surface area (Å²) in [6, 6.07) is 9.25. The Labute approximate surface area is 117 Å². The monoisotopic (exact) mass is 279 g/mol. The summed E-state index contributed by atoms with van der Waals surface area (Å²) in [6.45, 7) is 4.58. The van der Waals surface area contributed by atoms with Crippen molar-refractivity contribution in [2.75, 3.05) is 4.90 Å². The minimum atomic E-state index is -0.350. The quantitative estimate of drug-likeness (QED) is 0.900. The third-order valence-corrected chi connectivity index (χ3v) is 3.95. The van der Waals surface area contributed by atoms with E-state index in [4.69, 9.17) is 0 Å². The first-order chi connectivity index (χ1) is 9.13. The fourth-order valence-electron chi connectivity index (χ4n) is 2.09. The van der Waals surface area contributed by atoms with E-state index in [0.717, 1.165) is 12.2 Å². The van der Waals surface area contributed by atoms with E-state index in [0.29, 0.717) is 5.56 Å². The predicted octanol–water partition coefficient (Wildman–Crippen LogP) is 3.79. The van der Waals surface area contributed by atoms with Gasteiger partial charge in [-0.3, -0.25) is 0 Å². The van der Waals surface area contributed by atoms with E-state index in [9.17, 15) is 9.50 Å². The van der Waals surface area contributed by atoms with E-state index < -0.39 is 0 Å². The van der Waals surface area contributed by atoms with Gasteiger partial charge in [-0.25, -0.2) is 4.39 Å². The van der Waals surface area contributed by atoms with E-state index in [-0.39, 0.29) is 18.5 Å². The molecule has 1 aromatic heterocycles. The van der Waals surface area contributed by atoms with Gasteiger partial charge in [-0.15, -0.1) is 11.3 Å². The molecule has 0 aliphatic rings. The Morgan fingerprint density at radius 1 is 1.26 bits per heavy atom. The molecular weight excluding hydrogens is 261 g/mol. The molecule has 2 rings (SSSR count). The highest BCUT2D eigenvalue weighted by molar-refractivity contribution is 7.09. The molecule has 0 aliphatic carbocycles. The molecule has 1 heterocycles. The summed E-state index contributed by atoms with van der Waals surface area (Å²) in [4.78, 5) is 3.34. The van der Waals surface area contributed by atoms with Crippen LogP contribution in [0.25, 0.3) is 0 Å². The number of benzene rings is 1. The molecular formula is C15H18FNOS. The summed E-state index contributed by atoms with van der Waals surface area (Å²) in [5, 5.41) is 11.4. The van der Waals surface area contributed by atoms with Crippen LogP contribution in [0.5, 0.6) is 0 Å². The number of rotatable bonds is 5. The van der Waals surface area contributed by atoms with Crippen molar-refractivity contribution in [3.05, 3.63) is 52.0 Å². The number of thiophene rings is 1. The summed E-state index contributed by atoms with van der Waals surface area (Å²) in [7, 11) is 0. The van der Waals surface area contributed by atoms with E-state index in [1.807, 2.05) is 17.5 Å². The Kier molecular flexibility index (Phi) is 4.56. The van der Waals surface area contributed by atoms with E-state index >= 15 is 0 Å². The van der Waals surface area contributed by atoms with Crippen molar-refractivity contribution < 1.29 is 9.50 Å². The number of anilines is 1. The van der Waals surface area contributed by atoms with Gasteiger partial charge in [0.15, 0.2) is 0 Å². The predicted molar refractivity (Wildman–Crippen MR) is 78.0 cm³/mol. The number of hydrogen-bond acceptors (Lipinski definition) is 3. The lowest BCUT2D eigenvalue weighted by atomic mass is 10.1. The summed E-state index contributed by atoms with van der Waals surface area (Å²) in [5.41, 5.74) is 1.14. The minimum absolute atomic E-state index is 0.231. The zero-order chi connectivity index (χ0) is 13.8. The summed E-state index contributed by atoms with van der Waals surface area (Å²) >= 11 is 1.68. The van der Waals surface area contributed by atoms with Gasteiger partial charge in [-0.1, -0.05) is 12.1 Å². The second-order valence-corrected chi connectivity index (χ2v) is 5.73. The molecule has 0 radical (unpaired) electrons. The lowest BCUT2D eigenvalue weighted by Gasteiger charge is -2.30. The van der Waals surface area contributed by atoms with Crippen LogP contribution in [-0.4, -0.2) is 11.1 Å². The summed E-state index contributed by atoms with van der Waals surface area (Å²) in [5.74, 6) is -0.350. The van der Waals surface area contributed by atoms with Gasteiger partial charge in [-0.2, -0.15) is 0 Å². The van der Waals surface area contributed by atoms with Crippen LogP contribution in [0.3, 0.4) is 0 Å². The van der Waals surface area contributed by atoms with Gasteiger partial charge in [0.2, 0.25) is 0 Å². The van der Waals surface area contributed by atoms with Crippen LogP contribution in [0, 0.1) is 5.82 Å². The molecule has 102 valence electrons. The molecule has 4 heteroatoms. The van der Waals surface area contributed by atoms with Crippen molar-refractivity contribution in [2.24, 2.45) is 0 Å². The smallest absolute Gasteiger partial charge is 0.130 e. The molecule has 0 amide bonds. The van der Waals surface area contributed by atoms with E-state index in [2.05, 4.69) is 24.8 Å². The van der Waals surface area contributed by atoms with Gasteiger partial charge >= 0.3 is 0 Å². The Morgan fingerprint density at radius 2 is 2.05 bits per heavy atom. The maximum absolute atomic E-state index is 13.8. The first-order valence-electron chi connectivity index (χ1n) is 6.30. The maximum Gasteiger partial charge on any atom is 0.130 e. The molecule has 0 aliphatic heterocycles. The van der Waals surface area contributed by atoms with Crippen LogP contribution in [0.15, 0.2) is 35.7 Å². The minimum Gasteiger partial charge on any atom is -0.391 e. The molecule has 0 spiro atoms. The maximum atomic E-state index is 13.8. The van der Waals surface area contributed by atoms with Crippen LogP contribution < -0.4 is 4.90 Å².